The van der Waals surface area contributed by atoms with Gasteiger partial charge in [0.05, 0.1) is 13.2 Å². The van der Waals surface area contributed by atoms with Gasteiger partial charge in [0.25, 0.3) is 0 Å². The van der Waals surface area contributed by atoms with Crippen LogP contribution in [0.15, 0.2) is 35.3 Å². The smallest absolute Gasteiger partial charge is 0.194 e. The zero-order chi connectivity index (χ0) is 15.1. The van der Waals surface area contributed by atoms with Gasteiger partial charge in [0.1, 0.15) is 0 Å². The Labute approximate surface area is 127 Å². The second-order valence-corrected chi connectivity index (χ2v) is 5.69. The van der Waals surface area contributed by atoms with Gasteiger partial charge in [0.2, 0.25) is 0 Å². The van der Waals surface area contributed by atoms with Gasteiger partial charge in [-0.3, -0.25) is 4.99 Å². The first-order chi connectivity index (χ1) is 10.3. The fourth-order valence-electron chi connectivity index (χ4n) is 3.12. The molecule has 2 rings (SSSR count). The number of nitrogens with one attached hydrogen (secondary N) is 1. The summed E-state index contributed by atoms with van der Waals surface area (Å²) in [5, 5.41) is 12.3. The van der Waals surface area contributed by atoms with Crippen LogP contribution in [0.2, 0.25) is 0 Å². The third-order valence-electron chi connectivity index (χ3n) is 4.13. The standard InChI is InChI=1S/C17H27N3O/c1-3-18-17(19-10-12-21)20-11-9-16(14(2)13-20)15-7-5-4-6-8-15/h4-8,14,16,21H,3,9-13H2,1-2H3,(H,18,19). The number of hydrogen-bond acceptors (Lipinski definition) is 2. The monoisotopic (exact) mass is 289 g/mol. The molecule has 1 aliphatic rings. The zero-order valence-electron chi connectivity index (χ0n) is 13.1. The van der Waals surface area contributed by atoms with Crippen LogP contribution in [0.1, 0.15) is 31.7 Å². The van der Waals surface area contributed by atoms with Crippen molar-refractivity contribution in [2.45, 2.75) is 26.2 Å². The van der Waals surface area contributed by atoms with Crippen molar-refractivity contribution >= 4 is 5.96 Å². The highest BCUT2D eigenvalue weighted by Crippen LogP contribution is 2.32. The predicted octanol–water partition coefficient (Wildman–Crippen LogP) is 2.07. The Hall–Kier alpha value is -1.55. The SMILES string of the molecule is CCNC(=NCCO)N1CCC(c2ccccc2)C(C)C1. The summed E-state index contributed by atoms with van der Waals surface area (Å²) in [6, 6.07) is 10.8. The fourth-order valence-corrected chi connectivity index (χ4v) is 3.12. The van der Waals surface area contributed by atoms with Gasteiger partial charge in [-0.2, -0.15) is 0 Å². The molecule has 1 saturated heterocycles. The minimum atomic E-state index is 0.102. The molecule has 21 heavy (non-hydrogen) atoms. The Balaban J connectivity index is 2.02. The van der Waals surface area contributed by atoms with Crippen molar-refractivity contribution in [1.29, 1.82) is 0 Å². The molecule has 1 aromatic carbocycles. The predicted molar refractivity (Wildman–Crippen MR) is 87.6 cm³/mol. The van der Waals surface area contributed by atoms with Crippen LogP contribution in [0, 0.1) is 5.92 Å². The van der Waals surface area contributed by atoms with E-state index in [2.05, 4.69) is 59.4 Å². The summed E-state index contributed by atoms with van der Waals surface area (Å²) in [6.45, 7) is 7.85. The van der Waals surface area contributed by atoms with Crippen molar-refractivity contribution in [3.63, 3.8) is 0 Å². The molecule has 1 heterocycles. The normalized spacial score (nSPS) is 23.2. The lowest BCUT2D eigenvalue weighted by Gasteiger charge is -2.39. The van der Waals surface area contributed by atoms with Crippen LogP contribution < -0.4 is 5.32 Å². The molecule has 0 spiro atoms. The summed E-state index contributed by atoms with van der Waals surface area (Å²) < 4.78 is 0. The summed E-state index contributed by atoms with van der Waals surface area (Å²) >= 11 is 0. The van der Waals surface area contributed by atoms with E-state index in [1.807, 2.05) is 0 Å². The third kappa shape index (κ3) is 4.21. The molecule has 1 fully saturated rings. The van der Waals surface area contributed by atoms with Crippen molar-refractivity contribution in [2.24, 2.45) is 10.9 Å². The summed E-state index contributed by atoms with van der Waals surface area (Å²) in [7, 11) is 0. The van der Waals surface area contributed by atoms with E-state index >= 15 is 0 Å². The average Bonchev–Trinajstić information content (AvgIpc) is 2.52. The average molecular weight is 289 g/mol. The van der Waals surface area contributed by atoms with Gasteiger partial charge in [0.15, 0.2) is 5.96 Å². The zero-order valence-corrected chi connectivity index (χ0v) is 13.1. The number of aliphatic hydroxyl groups excluding tert-OH is 1. The second kappa shape index (κ2) is 8.03. The van der Waals surface area contributed by atoms with Crippen molar-refractivity contribution in [1.82, 2.24) is 10.2 Å². The lowest BCUT2D eigenvalue weighted by Crippen LogP contribution is -2.48. The van der Waals surface area contributed by atoms with Crippen LogP contribution in [0.3, 0.4) is 0 Å². The first kappa shape index (κ1) is 15.8. The number of guanidine groups is 1. The molecule has 0 radical (unpaired) electrons. The maximum absolute atomic E-state index is 8.97. The van der Waals surface area contributed by atoms with Crippen LogP contribution in [0.25, 0.3) is 0 Å². The highest BCUT2D eigenvalue weighted by Gasteiger charge is 2.28. The number of aliphatic hydroxyl groups is 1. The first-order valence-corrected chi connectivity index (χ1v) is 7.95. The molecule has 4 heteroatoms. The Morgan fingerprint density at radius 3 is 2.76 bits per heavy atom. The number of benzene rings is 1. The van der Waals surface area contributed by atoms with Gasteiger partial charge in [-0.05, 0) is 30.7 Å². The third-order valence-corrected chi connectivity index (χ3v) is 4.13. The van der Waals surface area contributed by atoms with Crippen molar-refractivity contribution in [3.8, 4) is 0 Å². The minimum absolute atomic E-state index is 0.102. The summed E-state index contributed by atoms with van der Waals surface area (Å²) in [5.74, 6) is 2.16. The van der Waals surface area contributed by atoms with Crippen LogP contribution in [-0.2, 0) is 0 Å². The Morgan fingerprint density at radius 2 is 2.14 bits per heavy atom. The Morgan fingerprint density at radius 1 is 1.38 bits per heavy atom. The molecular weight excluding hydrogens is 262 g/mol. The number of hydrogen-bond donors (Lipinski definition) is 2. The van der Waals surface area contributed by atoms with E-state index in [4.69, 9.17) is 5.11 Å². The Kier molecular flexibility index (Phi) is 6.05. The van der Waals surface area contributed by atoms with Crippen molar-refractivity contribution < 1.29 is 5.11 Å². The van der Waals surface area contributed by atoms with E-state index in [1.54, 1.807) is 0 Å². The van der Waals surface area contributed by atoms with Gasteiger partial charge in [-0.1, -0.05) is 37.3 Å². The van der Waals surface area contributed by atoms with Gasteiger partial charge >= 0.3 is 0 Å². The molecule has 116 valence electrons. The number of likely N-dealkylation sites (tertiary alicyclic amines) is 1. The molecule has 2 atom stereocenters. The Bertz CT molecular complexity index is 447. The van der Waals surface area contributed by atoms with Crippen LogP contribution in [-0.4, -0.2) is 48.8 Å². The van der Waals surface area contributed by atoms with E-state index in [0.717, 1.165) is 32.0 Å². The van der Waals surface area contributed by atoms with Gasteiger partial charge in [0, 0.05) is 19.6 Å². The lowest BCUT2D eigenvalue weighted by molar-refractivity contribution is 0.233. The fraction of sp³-hybridized carbons (Fsp3) is 0.588. The molecule has 0 aromatic heterocycles. The lowest BCUT2D eigenvalue weighted by atomic mass is 9.82. The molecule has 2 unspecified atom stereocenters. The van der Waals surface area contributed by atoms with E-state index in [0.29, 0.717) is 18.4 Å². The minimum Gasteiger partial charge on any atom is -0.394 e. The van der Waals surface area contributed by atoms with E-state index in [-0.39, 0.29) is 6.61 Å². The van der Waals surface area contributed by atoms with Gasteiger partial charge < -0.3 is 15.3 Å². The second-order valence-electron chi connectivity index (χ2n) is 5.69. The molecule has 0 bridgehead atoms. The number of aliphatic imine (C=N–C) groups is 1. The van der Waals surface area contributed by atoms with Crippen molar-refractivity contribution in [2.75, 3.05) is 32.8 Å². The van der Waals surface area contributed by atoms with Crippen LogP contribution in [0.5, 0.6) is 0 Å². The van der Waals surface area contributed by atoms with Crippen molar-refractivity contribution in [3.05, 3.63) is 35.9 Å². The molecular formula is C17H27N3O. The summed E-state index contributed by atoms with van der Waals surface area (Å²) in [5.41, 5.74) is 1.45. The van der Waals surface area contributed by atoms with Gasteiger partial charge in [-0.25, -0.2) is 0 Å². The largest absolute Gasteiger partial charge is 0.394 e. The van der Waals surface area contributed by atoms with Crippen LogP contribution >= 0.6 is 0 Å². The number of piperidine rings is 1. The molecule has 1 aliphatic heterocycles. The van der Waals surface area contributed by atoms with Gasteiger partial charge in [-0.15, -0.1) is 0 Å². The van der Waals surface area contributed by atoms with E-state index in [9.17, 15) is 0 Å². The molecule has 1 aromatic rings. The van der Waals surface area contributed by atoms with E-state index in [1.165, 1.54) is 5.56 Å². The summed E-state index contributed by atoms with van der Waals surface area (Å²) in [4.78, 5) is 6.79. The molecule has 2 N–H and O–H groups in total. The molecule has 0 saturated carbocycles. The maximum Gasteiger partial charge on any atom is 0.194 e. The molecule has 0 amide bonds. The molecule has 0 aliphatic carbocycles. The molecule has 4 nitrogen and oxygen atoms in total. The quantitative estimate of drug-likeness (QED) is 0.659. The number of nitrogens with zero attached hydrogens (tertiary/aromatic N) is 2. The maximum atomic E-state index is 8.97. The summed E-state index contributed by atoms with van der Waals surface area (Å²) in [6.07, 6.45) is 1.15. The van der Waals surface area contributed by atoms with Crippen LogP contribution in [0.4, 0.5) is 0 Å². The highest BCUT2D eigenvalue weighted by atomic mass is 16.3. The topological polar surface area (TPSA) is 47.9 Å². The first-order valence-electron chi connectivity index (χ1n) is 7.95. The van der Waals surface area contributed by atoms with E-state index < -0.39 is 0 Å². The number of rotatable bonds is 4. The highest BCUT2D eigenvalue weighted by molar-refractivity contribution is 5.80.